The van der Waals surface area contributed by atoms with Crippen LogP contribution in [0.5, 0.6) is 0 Å². The third-order valence-corrected chi connectivity index (χ3v) is 2.88. The molecule has 7 nitrogen and oxygen atoms in total. The number of hydrogen-bond donors (Lipinski definition) is 1. The SMILES string of the molecule is CC(C)Cn1ccnc1NC(=O)[C@H]1C[C@H]1[N+](=O)[O-]. The molecule has 1 fully saturated rings. The van der Waals surface area contributed by atoms with Crippen molar-refractivity contribution in [3.05, 3.63) is 22.5 Å². The first-order chi connectivity index (χ1) is 8.49. The first-order valence-electron chi connectivity index (χ1n) is 5.94. The molecule has 2 atom stereocenters. The average molecular weight is 252 g/mol. The fraction of sp³-hybridized carbons (Fsp3) is 0.636. The van der Waals surface area contributed by atoms with Gasteiger partial charge in [-0.3, -0.25) is 20.2 Å². The molecular weight excluding hydrogens is 236 g/mol. The van der Waals surface area contributed by atoms with Gasteiger partial charge in [-0.15, -0.1) is 0 Å². The van der Waals surface area contributed by atoms with Gasteiger partial charge in [-0.2, -0.15) is 0 Å². The minimum atomic E-state index is -0.724. The first kappa shape index (κ1) is 12.5. The number of imidazole rings is 1. The lowest BCUT2D eigenvalue weighted by molar-refractivity contribution is -0.497. The Hall–Kier alpha value is -1.92. The number of amides is 1. The molecule has 0 aliphatic heterocycles. The third-order valence-electron chi connectivity index (χ3n) is 2.88. The van der Waals surface area contributed by atoms with Gasteiger partial charge in [0.25, 0.3) is 0 Å². The van der Waals surface area contributed by atoms with E-state index in [0.717, 1.165) is 6.54 Å². The Labute approximate surface area is 104 Å². The highest BCUT2D eigenvalue weighted by molar-refractivity contribution is 5.93. The van der Waals surface area contributed by atoms with E-state index in [1.165, 1.54) is 0 Å². The van der Waals surface area contributed by atoms with Crippen LogP contribution in [0.2, 0.25) is 0 Å². The van der Waals surface area contributed by atoms with Crippen molar-refractivity contribution in [3.8, 4) is 0 Å². The lowest BCUT2D eigenvalue weighted by Crippen LogP contribution is -2.21. The lowest BCUT2D eigenvalue weighted by Gasteiger charge is -2.10. The maximum atomic E-state index is 11.8. The zero-order chi connectivity index (χ0) is 13.3. The van der Waals surface area contributed by atoms with Crippen LogP contribution in [0.25, 0.3) is 0 Å². The van der Waals surface area contributed by atoms with Crippen LogP contribution in [0.3, 0.4) is 0 Å². The summed E-state index contributed by atoms with van der Waals surface area (Å²) in [5.74, 6) is 0.0714. The van der Waals surface area contributed by atoms with Gasteiger partial charge in [-0.05, 0) is 5.92 Å². The Bertz CT molecular complexity index is 469. The Morgan fingerprint density at radius 3 is 3.00 bits per heavy atom. The minimum absolute atomic E-state index is 0.312. The number of rotatable bonds is 5. The number of nitro groups is 1. The lowest BCUT2D eigenvalue weighted by atomic mass is 10.2. The second kappa shape index (κ2) is 4.75. The van der Waals surface area contributed by atoms with E-state index in [1.54, 1.807) is 12.4 Å². The van der Waals surface area contributed by atoms with E-state index in [-0.39, 0.29) is 5.91 Å². The van der Waals surface area contributed by atoms with Crippen molar-refractivity contribution in [3.63, 3.8) is 0 Å². The Morgan fingerprint density at radius 1 is 1.72 bits per heavy atom. The molecule has 1 aliphatic rings. The Kier molecular flexibility index (Phi) is 3.31. The molecule has 0 spiro atoms. The molecular formula is C11H16N4O3. The molecule has 0 unspecified atom stereocenters. The molecule has 18 heavy (non-hydrogen) atoms. The van der Waals surface area contributed by atoms with Crippen molar-refractivity contribution < 1.29 is 9.72 Å². The molecule has 0 radical (unpaired) electrons. The predicted molar refractivity (Wildman–Crippen MR) is 64.6 cm³/mol. The van der Waals surface area contributed by atoms with E-state index in [4.69, 9.17) is 0 Å². The monoisotopic (exact) mass is 252 g/mol. The summed E-state index contributed by atoms with van der Waals surface area (Å²) in [6.07, 6.45) is 3.72. The molecule has 2 rings (SSSR count). The number of nitrogens with one attached hydrogen (secondary N) is 1. The first-order valence-corrected chi connectivity index (χ1v) is 5.94. The summed E-state index contributed by atoms with van der Waals surface area (Å²) in [5, 5.41) is 13.1. The van der Waals surface area contributed by atoms with Gasteiger partial charge in [0.15, 0.2) is 0 Å². The smallest absolute Gasteiger partial charge is 0.237 e. The van der Waals surface area contributed by atoms with Crippen LogP contribution in [-0.2, 0) is 11.3 Å². The maximum absolute atomic E-state index is 11.8. The highest BCUT2D eigenvalue weighted by Crippen LogP contribution is 2.33. The molecule has 0 aromatic carbocycles. The van der Waals surface area contributed by atoms with E-state index < -0.39 is 16.9 Å². The summed E-state index contributed by atoms with van der Waals surface area (Å²) in [6.45, 7) is 4.88. The highest BCUT2D eigenvalue weighted by atomic mass is 16.6. The average Bonchev–Trinajstić information content (AvgIpc) is 2.97. The van der Waals surface area contributed by atoms with Gasteiger partial charge in [0.05, 0.1) is 0 Å². The fourth-order valence-corrected chi connectivity index (χ4v) is 1.87. The quantitative estimate of drug-likeness (QED) is 0.628. The van der Waals surface area contributed by atoms with Gasteiger partial charge in [0.2, 0.25) is 17.9 Å². The molecule has 1 N–H and O–H groups in total. The summed E-state index contributed by atoms with van der Waals surface area (Å²) in [4.78, 5) is 25.9. The topological polar surface area (TPSA) is 90.1 Å². The summed E-state index contributed by atoms with van der Waals surface area (Å²) in [6, 6.07) is -0.724. The Balaban J connectivity index is 1.96. The van der Waals surface area contributed by atoms with Crippen LogP contribution in [0, 0.1) is 22.0 Å². The second-order valence-corrected chi connectivity index (χ2v) is 4.98. The van der Waals surface area contributed by atoms with Gasteiger partial charge in [-0.25, -0.2) is 4.98 Å². The zero-order valence-electron chi connectivity index (χ0n) is 10.4. The molecule has 1 amide bonds. The van der Waals surface area contributed by atoms with Crippen LogP contribution in [0.4, 0.5) is 5.95 Å². The number of hydrogen-bond acceptors (Lipinski definition) is 4. The summed E-state index contributed by atoms with van der Waals surface area (Å²) in [5.41, 5.74) is 0. The Morgan fingerprint density at radius 2 is 2.44 bits per heavy atom. The number of carbonyl (C=O) groups is 1. The van der Waals surface area contributed by atoms with E-state index in [1.807, 2.05) is 4.57 Å². The van der Waals surface area contributed by atoms with E-state index in [9.17, 15) is 14.9 Å². The van der Waals surface area contributed by atoms with Gasteiger partial charge < -0.3 is 4.57 Å². The number of nitrogens with zero attached hydrogens (tertiary/aromatic N) is 3. The molecule has 1 saturated carbocycles. The predicted octanol–water partition coefficient (Wildman–Crippen LogP) is 1.14. The van der Waals surface area contributed by atoms with Crippen molar-refractivity contribution in [2.75, 3.05) is 5.32 Å². The van der Waals surface area contributed by atoms with Crippen molar-refractivity contribution in [1.82, 2.24) is 9.55 Å². The number of anilines is 1. The molecule has 7 heteroatoms. The van der Waals surface area contributed by atoms with E-state index in [2.05, 4.69) is 24.1 Å². The van der Waals surface area contributed by atoms with E-state index >= 15 is 0 Å². The van der Waals surface area contributed by atoms with Crippen molar-refractivity contribution in [2.45, 2.75) is 32.9 Å². The molecule has 1 heterocycles. The van der Waals surface area contributed by atoms with Crippen molar-refractivity contribution >= 4 is 11.9 Å². The molecule has 98 valence electrons. The molecule has 1 aromatic heterocycles. The van der Waals surface area contributed by atoms with Crippen LogP contribution >= 0.6 is 0 Å². The van der Waals surface area contributed by atoms with Crippen molar-refractivity contribution in [1.29, 1.82) is 0 Å². The number of aromatic nitrogens is 2. The van der Waals surface area contributed by atoms with Crippen LogP contribution in [-0.4, -0.2) is 26.4 Å². The zero-order valence-corrected chi connectivity index (χ0v) is 10.4. The van der Waals surface area contributed by atoms with Crippen LogP contribution < -0.4 is 5.32 Å². The van der Waals surface area contributed by atoms with E-state index in [0.29, 0.717) is 18.3 Å². The van der Waals surface area contributed by atoms with Crippen LogP contribution in [0.15, 0.2) is 12.4 Å². The normalized spacial score (nSPS) is 21.9. The molecule has 1 aliphatic carbocycles. The van der Waals surface area contributed by atoms with Crippen LogP contribution in [0.1, 0.15) is 20.3 Å². The van der Waals surface area contributed by atoms with Gasteiger partial charge in [0.1, 0.15) is 5.92 Å². The summed E-state index contributed by atoms with van der Waals surface area (Å²) in [7, 11) is 0. The fourth-order valence-electron chi connectivity index (χ4n) is 1.87. The van der Waals surface area contributed by atoms with Gasteiger partial charge >= 0.3 is 0 Å². The summed E-state index contributed by atoms with van der Waals surface area (Å²) >= 11 is 0. The third kappa shape index (κ3) is 2.66. The minimum Gasteiger partial charge on any atom is -0.317 e. The second-order valence-electron chi connectivity index (χ2n) is 4.98. The molecule has 0 bridgehead atoms. The summed E-state index contributed by atoms with van der Waals surface area (Å²) < 4.78 is 1.84. The molecule has 1 aromatic rings. The highest BCUT2D eigenvalue weighted by Gasteiger charge is 2.53. The number of carbonyl (C=O) groups excluding carboxylic acids is 1. The molecule has 0 saturated heterocycles. The van der Waals surface area contributed by atoms with Gasteiger partial charge in [0, 0.05) is 30.3 Å². The van der Waals surface area contributed by atoms with Crippen molar-refractivity contribution in [2.24, 2.45) is 11.8 Å². The largest absolute Gasteiger partial charge is 0.317 e. The maximum Gasteiger partial charge on any atom is 0.237 e. The standard InChI is InChI=1S/C11H16N4O3/c1-7(2)6-14-4-3-12-11(14)13-10(16)8-5-9(8)15(17)18/h3-4,7-9H,5-6H2,1-2H3,(H,12,13,16)/t8-,9+/m0/s1. The van der Waals surface area contributed by atoms with Gasteiger partial charge in [-0.1, -0.05) is 13.8 Å².